The summed E-state index contributed by atoms with van der Waals surface area (Å²) < 4.78 is 39.4. The quantitative estimate of drug-likeness (QED) is 0.864. The monoisotopic (exact) mass is 325 g/mol. The fourth-order valence-electron chi connectivity index (χ4n) is 1.22. The molecule has 0 aliphatic carbocycles. The summed E-state index contributed by atoms with van der Waals surface area (Å²) in [6, 6.07) is 2.84. The van der Waals surface area contributed by atoms with Crippen LogP contribution in [0, 0.1) is 5.82 Å². The van der Waals surface area contributed by atoms with Crippen LogP contribution in [0.25, 0.3) is 0 Å². The Hall–Kier alpha value is -0.500. The summed E-state index contributed by atoms with van der Waals surface area (Å²) in [5, 5.41) is 8.95. The average molecular weight is 326 g/mol. The van der Waals surface area contributed by atoms with Gasteiger partial charge in [-0.25, -0.2) is 17.5 Å². The van der Waals surface area contributed by atoms with E-state index in [4.69, 9.17) is 5.11 Å². The zero-order chi connectivity index (χ0) is 13.1. The van der Waals surface area contributed by atoms with Gasteiger partial charge in [0.05, 0.1) is 11.5 Å². The van der Waals surface area contributed by atoms with E-state index in [1.165, 1.54) is 6.07 Å². The molecule has 96 valence electrons. The first kappa shape index (κ1) is 14.6. The van der Waals surface area contributed by atoms with Gasteiger partial charge in [0.25, 0.3) is 0 Å². The fraction of sp³-hybridized carbons (Fsp3) is 0.400. The van der Waals surface area contributed by atoms with Gasteiger partial charge in [0, 0.05) is 10.5 Å². The Balaban J connectivity index is 3.09. The van der Waals surface area contributed by atoms with E-state index in [1.807, 2.05) is 0 Å². The number of hydrogen-bond acceptors (Lipinski definition) is 3. The van der Waals surface area contributed by atoms with Crippen molar-refractivity contribution in [2.24, 2.45) is 0 Å². The highest BCUT2D eigenvalue weighted by Crippen LogP contribution is 2.22. The lowest BCUT2D eigenvalue weighted by Gasteiger charge is -2.15. The molecule has 4 nitrogen and oxygen atoms in total. The molecule has 1 aromatic rings. The second-order valence-electron chi connectivity index (χ2n) is 3.48. The molecule has 0 amide bonds. The van der Waals surface area contributed by atoms with Crippen LogP contribution in [0.3, 0.4) is 0 Å². The molecule has 0 radical (unpaired) electrons. The van der Waals surface area contributed by atoms with Crippen LogP contribution in [0.2, 0.25) is 0 Å². The normalized spacial score (nSPS) is 13.6. The molecule has 0 aliphatic heterocycles. The minimum Gasteiger partial charge on any atom is -0.395 e. The molecule has 1 rings (SSSR count). The number of aliphatic hydroxyl groups is 1. The molecule has 0 saturated carbocycles. The second-order valence-corrected chi connectivity index (χ2v) is 6.02. The Morgan fingerprint density at radius 2 is 2.18 bits per heavy atom. The zero-order valence-corrected chi connectivity index (χ0v) is 11.6. The van der Waals surface area contributed by atoms with E-state index in [-0.39, 0.29) is 16.0 Å². The molecule has 1 atom stereocenters. The molecule has 1 aromatic carbocycles. The van der Waals surface area contributed by atoms with Crippen LogP contribution in [0.15, 0.2) is 27.6 Å². The number of aliphatic hydroxyl groups excluding tert-OH is 1. The summed E-state index contributed by atoms with van der Waals surface area (Å²) >= 11 is 3.05. The van der Waals surface area contributed by atoms with E-state index in [0.717, 1.165) is 12.1 Å². The summed E-state index contributed by atoms with van der Waals surface area (Å²) in [5.74, 6) is -0.634. The highest BCUT2D eigenvalue weighted by molar-refractivity contribution is 9.10. The first-order valence-electron chi connectivity index (χ1n) is 4.99. The van der Waals surface area contributed by atoms with Crippen LogP contribution >= 0.6 is 15.9 Å². The van der Waals surface area contributed by atoms with Crippen molar-refractivity contribution in [3.05, 3.63) is 28.5 Å². The van der Waals surface area contributed by atoms with Crippen LogP contribution in [0.5, 0.6) is 0 Å². The summed E-state index contributed by atoms with van der Waals surface area (Å²) in [5.41, 5.74) is 0. The standard InChI is InChI=1S/C10H13BrFNO3S/c1-2-8(6-14)13-17(15,16)10-5-7(12)3-4-9(10)11/h3-5,8,13-14H,2,6H2,1H3. The van der Waals surface area contributed by atoms with Crippen molar-refractivity contribution in [2.45, 2.75) is 24.3 Å². The second kappa shape index (κ2) is 5.90. The van der Waals surface area contributed by atoms with Gasteiger partial charge >= 0.3 is 0 Å². The molecule has 0 saturated heterocycles. The highest BCUT2D eigenvalue weighted by atomic mass is 79.9. The van der Waals surface area contributed by atoms with Gasteiger partial charge in [0.15, 0.2) is 0 Å². The van der Waals surface area contributed by atoms with E-state index < -0.39 is 21.9 Å². The first-order chi connectivity index (χ1) is 7.90. The molecule has 1 unspecified atom stereocenters. The van der Waals surface area contributed by atoms with Crippen molar-refractivity contribution in [1.82, 2.24) is 4.72 Å². The number of rotatable bonds is 5. The largest absolute Gasteiger partial charge is 0.395 e. The van der Waals surface area contributed by atoms with Gasteiger partial charge in [-0.05, 0) is 40.5 Å². The highest BCUT2D eigenvalue weighted by Gasteiger charge is 2.21. The lowest BCUT2D eigenvalue weighted by atomic mass is 10.3. The molecule has 0 heterocycles. The summed E-state index contributed by atoms with van der Waals surface area (Å²) in [7, 11) is -3.83. The maximum absolute atomic E-state index is 13.0. The Bertz CT molecular complexity index is 488. The predicted octanol–water partition coefficient (Wildman–Crippen LogP) is 1.64. The third-order valence-electron chi connectivity index (χ3n) is 2.22. The van der Waals surface area contributed by atoms with Crippen molar-refractivity contribution in [3.63, 3.8) is 0 Å². The van der Waals surface area contributed by atoms with Crippen LogP contribution in [-0.2, 0) is 10.0 Å². The summed E-state index contributed by atoms with van der Waals surface area (Å²) in [4.78, 5) is -0.176. The van der Waals surface area contributed by atoms with E-state index in [9.17, 15) is 12.8 Å². The third kappa shape index (κ3) is 3.74. The van der Waals surface area contributed by atoms with E-state index >= 15 is 0 Å². The van der Waals surface area contributed by atoms with Crippen molar-refractivity contribution in [2.75, 3.05) is 6.61 Å². The molecule has 0 fully saturated rings. The molecule has 0 bridgehead atoms. The number of halogens is 2. The van der Waals surface area contributed by atoms with Gasteiger partial charge < -0.3 is 5.11 Å². The molecule has 7 heteroatoms. The minimum absolute atomic E-state index is 0.176. The first-order valence-corrected chi connectivity index (χ1v) is 7.26. The van der Waals surface area contributed by atoms with Crippen LogP contribution < -0.4 is 4.72 Å². The number of sulfonamides is 1. The lowest BCUT2D eigenvalue weighted by Crippen LogP contribution is -2.37. The van der Waals surface area contributed by atoms with Crippen molar-refractivity contribution in [3.8, 4) is 0 Å². The predicted molar refractivity (Wildman–Crippen MR) is 65.6 cm³/mol. The summed E-state index contributed by atoms with van der Waals surface area (Å²) in [6.07, 6.45) is 0.447. The van der Waals surface area contributed by atoms with Gasteiger partial charge in [0.2, 0.25) is 10.0 Å². The lowest BCUT2D eigenvalue weighted by molar-refractivity contribution is 0.254. The van der Waals surface area contributed by atoms with E-state index in [0.29, 0.717) is 6.42 Å². The molecule has 2 N–H and O–H groups in total. The van der Waals surface area contributed by atoms with Gasteiger partial charge in [-0.15, -0.1) is 0 Å². The maximum Gasteiger partial charge on any atom is 0.242 e. The van der Waals surface area contributed by atoms with E-state index in [1.54, 1.807) is 6.92 Å². The molecule has 17 heavy (non-hydrogen) atoms. The van der Waals surface area contributed by atoms with Crippen LogP contribution in [0.1, 0.15) is 13.3 Å². The van der Waals surface area contributed by atoms with Crippen molar-refractivity contribution >= 4 is 26.0 Å². The maximum atomic E-state index is 13.0. The SMILES string of the molecule is CCC(CO)NS(=O)(=O)c1cc(F)ccc1Br. The zero-order valence-electron chi connectivity index (χ0n) is 9.15. The number of hydrogen-bond donors (Lipinski definition) is 2. The minimum atomic E-state index is -3.83. The van der Waals surface area contributed by atoms with E-state index in [2.05, 4.69) is 20.7 Å². The van der Waals surface area contributed by atoms with Crippen LogP contribution in [0.4, 0.5) is 4.39 Å². The Morgan fingerprint density at radius 1 is 1.53 bits per heavy atom. The van der Waals surface area contributed by atoms with Gasteiger partial charge in [0.1, 0.15) is 5.82 Å². The Kier molecular flexibility index (Phi) is 5.05. The Labute approximate surface area is 108 Å². The molecular formula is C10H13BrFNO3S. The number of nitrogens with one attached hydrogen (secondary N) is 1. The molecule has 0 aliphatic rings. The average Bonchev–Trinajstić information content (AvgIpc) is 2.29. The molecule has 0 spiro atoms. The fourth-order valence-corrected chi connectivity index (χ4v) is 3.50. The van der Waals surface area contributed by atoms with Crippen LogP contribution in [-0.4, -0.2) is 26.2 Å². The van der Waals surface area contributed by atoms with Gasteiger partial charge in [-0.2, -0.15) is 0 Å². The van der Waals surface area contributed by atoms with Crippen molar-refractivity contribution in [1.29, 1.82) is 0 Å². The smallest absolute Gasteiger partial charge is 0.242 e. The number of benzene rings is 1. The van der Waals surface area contributed by atoms with Crippen molar-refractivity contribution < 1.29 is 17.9 Å². The topological polar surface area (TPSA) is 66.4 Å². The van der Waals surface area contributed by atoms with Gasteiger partial charge in [-0.3, -0.25) is 0 Å². The third-order valence-corrected chi connectivity index (χ3v) is 4.73. The van der Waals surface area contributed by atoms with Gasteiger partial charge in [-0.1, -0.05) is 6.92 Å². The molecule has 0 aromatic heterocycles. The summed E-state index contributed by atoms with van der Waals surface area (Å²) in [6.45, 7) is 1.44. The Morgan fingerprint density at radius 3 is 2.71 bits per heavy atom. The molecular weight excluding hydrogens is 313 g/mol.